The van der Waals surface area contributed by atoms with Crippen molar-refractivity contribution in [2.24, 2.45) is 0 Å². The molecule has 0 amide bonds. The first-order valence-electron chi connectivity index (χ1n) is 4.08. The highest BCUT2D eigenvalue weighted by atomic mass is 32.2. The highest BCUT2D eigenvalue weighted by molar-refractivity contribution is 7.86. The topological polar surface area (TPSA) is 43.4 Å². The molecule has 0 radical (unpaired) electrons. The number of benzene rings is 1. The van der Waals surface area contributed by atoms with Gasteiger partial charge in [-0.2, -0.15) is 8.42 Å². The first-order valence-corrected chi connectivity index (χ1v) is 5.49. The van der Waals surface area contributed by atoms with Crippen LogP contribution in [0.4, 0.5) is 4.39 Å². The van der Waals surface area contributed by atoms with E-state index in [9.17, 15) is 12.8 Å². The smallest absolute Gasteiger partial charge is 0.264 e. The standard InChI is InChI=1S/C9H11FO3S/c1-8-2-4-9(5-3-8)14(11,12)13-7-6-10/h2-5H,6-7H2,1H3/i10-1. The lowest BCUT2D eigenvalue weighted by atomic mass is 10.2. The maximum Gasteiger partial charge on any atom is 0.297 e. The third-order valence-electron chi connectivity index (χ3n) is 1.63. The van der Waals surface area contributed by atoms with Crippen molar-refractivity contribution in [3.63, 3.8) is 0 Å². The van der Waals surface area contributed by atoms with Crippen LogP contribution in [0, 0.1) is 6.92 Å². The van der Waals surface area contributed by atoms with Crippen LogP contribution in [-0.2, 0) is 14.3 Å². The molecule has 0 spiro atoms. The Hall–Kier alpha value is -0.940. The zero-order chi connectivity index (χ0) is 10.6. The van der Waals surface area contributed by atoms with Crippen molar-refractivity contribution in [2.45, 2.75) is 11.8 Å². The van der Waals surface area contributed by atoms with Gasteiger partial charge in [0.25, 0.3) is 10.1 Å². The molecular weight excluding hydrogens is 206 g/mol. The van der Waals surface area contributed by atoms with Crippen LogP contribution in [0.3, 0.4) is 0 Å². The van der Waals surface area contributed by atoms with E-state index in [2.05, 4.69) is 4.18 Å². The van der Waals surface area contributed by atoms with Crippen LogP contribution in [0.1, 0.15) is 5.56 Å². The third kappa shape index (κ3) is 2.78. The van der Waals surface area contributed by atoms with Gasteiger partial charge in [0.05, 0.1) is 11.5 Å². The molecule has 0 atom stereocenters. The minimum atomic E-state index is -3.78. The molecule has 1 aromatic carbocycles. The highest BCUT2D eigenvalue weighted by Crippen LogP contribution is 2.12. The average molecular weight is 217 g/mol. The fourth-order valence-corrected chi connectivity index (χ4v) is 1.80. The lowest BCUT2D eigenvalue weighted by Gasteiger charge is -2.03. The van der Waals surface area contributed by atoms with Crippen molar-refractivity contribution in [1.82, 2.24) is 0 Å². The average Bonchev–Trinajstić information content (AvgIpc) is 2.16. The largest absolute Gasteiger partial charge is 0.297 e. The van der Waals surface area contributed by atoms with Gasteiger partial charge in [0, 0.05) is 0 Å². The number of aryl methyl sites for hydroxylation is 1. The van der Waals surface area contributed by atoms with Gasteiger partial charge < -0.3 is 0 Å². The Morgan fingerprint density at radius 1 is 1.29 bits per heavy atom. The van der Waals surface area contributed by atoms with E-state index in [4.69, 9.17) is 0 Å². The lowest BCUT2D eigenvalue weighted by Crippen LogP contribution is -2.08. The molecule has 0 aliphatic heterocycles. The van der Waals surface area contributed by atoms with Crippen LogP contribution in [-0.4, -0.2) is 21.7 Å². The Bertz CT molecular complexity index is 383. The number of halogens is 1. The van der Waals surface area contributed by atoms with Crippen LogP contribution in [0.25, 0.3) is 0 Å². The number of hydrogen-bond donors (Lipinski definition) is 0. The third-order valence-corrected chi connectivity index (χ3v) is 2.95. The lowest BCUT2D eigenvalue weighted by molar-refractivity contribution is 0.277. The molecular formula is C9H11FO3S. The van der Waals surface area contributed by atoms with Gasteiger partial charge in [0.2, 0.25) is 0 Å². The zero-order valence-electron chi connectivity index (χ0n) is 7.73. The van der Waals surface area contributed by atoms with Gasteiger partial charge in [-0.3, -0.25) is 4.18 Å². The summed E-state index contributed by atoms with van der Waals surface area (Å²) in [6.07, 6.45) is 0. The van der Waals surface area contributed by atoms with E-state index in [-0.39, 0.29) is 4.90 Å². The minimum Gasteiger partial charge on any atom is -0.264 e. The van der Waals surface area contributed by atoms with E-state index in [1.54, 1.807) is 12.1 Å². The zero-order valence-corrected chi connectivity index (χ0v) is 8.55. The summed E-state index contributed by atoms with van der Waals surface area (Å²) < 4.78 is 38.7. The van der Waals surface area contributed by atoms with Gasteiger partial charge in [0.15, 0.2) is 0 Å². The second kappa shape index (κ2) is 4.52. The fraction of sp³-hybridized carbons (Fsp3) is 0.333. The Kier molecular flexibility index (Phi) is 3.60. The summed E-state index contributed by atoms with van der Waals surface area (Å²) in [5.74, 6) is 0. The van der Waals surface area contributed by atoms with Crippen molar-refractivity contribution in [2.75, 3.05) is 13.3 Å². The molecule has 0 N–H and O–H groups in total. The molecule has 0 saturated carbocycles. The molecule has 0 aliphatic rings. The van der Waals surface area contributed by atoms with Crippen molar-refractivity contribution in [3.8, 4) is 0 Å². The molecule has 5 heteroatoms. The summed E-state index contributed by atoms with van der Waals surface area (Å²) in [7, 11) is -3.78. The highest BCUT2D eigenvalue weighted by Gasteiger charge is 2.13. The van der Waals surface area contributed by atoms with E-state index < -0.39 is 23.4 Å². The van der Waals surface area contributed by atoms with Crippen molar-refractivity contribution < 1.29 is 17.0 Å². The maximum absolute atomic E-state index is 11.7. The molecule has 78 valence electrons. The summed E-state index contributed by atoms with van der Waals surface area (Å²) in [5.41, 5.74) is 0.953. The summed E-state index contributed by atoms with van der Waals surface area (Å²) >= 11 is 0. The monoisotopic (exact) mass is 217 g/mol. The van der Waals surface area contributed by atoms with Crippen molar-refractivity contribution >= 4 is 10.1 Å². The van der Waals surface area contributed by atoms with E-state index in [1.807, 2.05) is 6.92 Å². The van der Waals surface area contributed by atoms with Crippen molar-refractivity contribution in [1.29, 1.82) is 0 Å². The summed E-state index contributed by atoms with van der Waals surface area (Å²) in [4.78, 5) is 0.0524. The van der Waals surface area contributed by atoms with Crippen LogP contribution in [0.5, 0.6) is 0 Å². The second-order valence-electron chi connectivity index (χ2n) is 2.78. The molecule has 3 nitrogen and oxygen atoms in total. The molecule has 0 fully saturated rings. The van der Waals surface area contributed by atoms with Crippen LogP contribution in [0.15, 0.2) is 29.2 Å². The molecule has 0 bridgehead atoms. The number of alkyl halides is 1. The SMILES string of the molecule is Cc1ccc(S(=O)(=O)OCC[18F])cc1. The molecule has 0 unspecified atom stereocenters. The number of hydrogen-bond acceptors (Lipinski definition) is 3. The first-order chi connectivity index (χ1) is 6.56. The van der Waals surface area contributed by atoms with Crippen LogP contribution >= 0.6 is 0 Å². The van der Waals surface area contributed by atoms with E-state index in [1.165, 1.54) is 12.1 Å². The van der Waals surface area contributed by atoms with Crippen LogP contribution < -0.4 is 0 Å². The van der Waals surface area contributed by atoms with Gasteiger partial charge in [0.1, 0.15) is 6.67 Å². The second-order valence-corrected chi connectivity index (χ2v) is 4.39. The molecule has 0 aliphatic carbocycles. The summed E-state index contributed by atoms with van der Waals surface area (Å²) in [6, 6.07) is 6.18. The predicted octanol–water partition coefficient (Wildman–Crippen LogP) is 1.67. The predicted molar refractivity (Wildman–Crippen MR) is 50.3 cm³/mol. The Balaban J connectivity index is 2.87. The molecule has 0 heterocycles. The Morgan fingerprint density at radius 2 is 1.86 bits per heavy atom. The van der Waals surface area contributed by atoms with Gasteiger partial charge in [-0.25, -0.2) is 4.39 Å². The summed E-state index contributed by atoms with van der Waals surface area (Å²) in [5, 5.41) is 0. The molecule has 1 aromatic rings. The molecule has 14 heavy (non-hydrogen) atoms. The van der Waals surface area contributed by atoms with E-state index >= 15 is 0 Å². The molecule has 0 aromatic heterocycles. The maximum atomic E-state index is 11.7. The Morgan fingerprint density at radius 3 is 2.36 bits per heavy atom. The van der Waals surface area contributed by atoms with Crippen LogP contribution in [0.2, 0.25) is 0 Å². The van der Waals surface area contributed by atoms with E-state index in [0.29, 0.717) is 0 Å². The Labute approximate surface area is 82.6 Å². The van der Waals surface area contributed by atoms with Gasteiger partial charge in [-0.15, -0.1) is 0 Å². The first kappa shape index (κ1) is 11.1. The minimum absolute atomic E-state index is 0.0524. The summed E-state index contributed by atoms with van der Waals surface area (Å²) in [6.45, 7) is 0.597. The van der Waals surface area contributed by atoms with Gasteiger partial charge in [-0.05, 0) is 19.1 Å². The normalized spacial score (nSPS) is 11.6. The van der Waals surface area contributed by atoms with E-state index in [0.717, 1.165) is 5.56 Å². The fourth-order valence-electron chi connectivity index (χ4n) is 0.914. The van der Waals surface area contributed by atoms with Gasteiger partial charge >= 0.3 is 0 Å². The molecule has 1 rings (SSSR count). The molecule has 0 saturated heterocycles. The number of rotatable bonds is 4. The van der Waals surface area contributed by atoms with Gasteiger partial charge in [-0.1, -0.05) is 17.7 Å². The van der Waals surface area contributed by atoms with Crippen molar-refractivity contribution in [3.05, 3.63) is 29.8 Å². The quantitative estimate of drug-likeness (QED) is 0.720.